The molecule has 0 aliphatic rings. The van der Waals surface area contributed by atoms with Crippen molar-refractivity contribution in [3.8, 4) is 0 Å². The number of carboxylic acids is 2. The first-order valence-electron chi connectivity index (χ1n) is 11.7. The van der Waals surface area contributed by atoms with Crippen LogP contribution in [0.25, 0.3) is 0 Å². The van der Waals surface area contributed by atoms with E-state index in [9.17, 15) is 29.1 Å². The first kappa shape index (κ1) is 30.5. The number of hydrogen-bond acceptors (Lipinski definition) is 8. The Balaban J connectivity index is 2.93. The number of nitrogens with one attached hydrogen (secondary N) is 4. The highest BCUT2D eigenvalue weighted by Crippen LogP contribution is 2.08. The van der Waals surface area contributed by atoms with Gasteiger partial charge in [0.2, 0.25) is 17.7 Å². The van der Waals surface area contributed by atoms with Crippen molar-refractivity contribution < 1.29 is 34.2 Å². The summed E-state index contributed by atoms with van der Waals surface area (Å²) >= 11 is 0. The van der Waals surface area contributed by atoms with Gasteiger partial charge in [-0.25, -0.2) is 9.78 Å². The third-order valence-electron chi connectivity index (χ3n) is 5.43. The van der Waals surface area contributed by atoms with Crippen LogP contribution in [-0.2, 0) is 30.4 Å². The van der Waals surface area contributed by atoms with Gasteiger partial charge in [-0.05, 0) is 38.1 Å². The molecular weight excluding hydrogens is 474 g/mol. The lowest BCUT2D eigenvalue weighted by atomic mass is 10.0. The van der Waals surface area contributed by atoms with Gasteiger partial charge in [-0.1, -0.05) is 13.8 Å². The lowest BCUT2D eigenvalue weighted by molar-refractivity contribution is -0.142. The second-order valence-electron chi connectivity index (χ2n) is 8.80. The molecule has 4 unspecified atom stereocenters. The van der Waals surface area contributed by atoms with Crippen molar-refractivity contribution >= 4 is 29.7 Å². The number of hydrogen-bond donors (Lipinski definition) is 8. The first-order valence-corrected chi connectivity index (χ1v) is 11.7. The molecule has 0 saturated heterocycles. The fourth-order valence-corrected chi connectivity index (χ4v) is 3.32. The topological polar surface area (TPSA) is 243 Å². The highest BCUT2D eigenvalue weighted by molar-refractivity contribution is 5.94. The van der Waals surface area contributed by atoms with Gasteiger partial charge in [-0.15, -0.1) is 0 Å². The van der Waals surface area contributed by atoms with Crippen LogP contribution in [-0.4, -0.2) is 80.6 Å². The number of aromatic amines is 1. The van der Waals surface area contributed by atoms with E-state index in [-0.39, 0.29) is 31.6 Å². The molecule has 14 heteroatoms. The van der Waals surface area contributed by atoms with Crippen LogP contribution in [0.5, 0.6) is 0 Å². The van der Waals surface area contributed by atoms with Gasteiger partial charge < -0.3 is 42.6 Å². The van der Waals surface area contributed by atoms with Crippen LogP contribution >= 0.6 is 0 Å². The van der Waals surface area contributed by atoms with Crippen LogP contribution in [0.1, 0.15) is 51.6 Å². The molecule has 14 nitrogen and oxygen atoms in total. The third kappa shape index (κ3) is 10.8. The number of aromatic nitrogens is 2. The summed E-state index contributed by atoms with van der Waals surface area (Å²) in [5.41, 5.74) is 11.8. The average molecular weight is 512 g/mol. The molecule has 0 aliphatic heterocycles. The van der Waals surface area contributed by atoms with Gasteiger partial charge in [0.25, 0.3) is 0 Å². The van der Waals surface area contributed by atoms with Gasteiger partial charge in [-0.3, -0.25) is 19.2 Å². The van der Waals surface area contributed by atoms with E-state index in [1.54, 1.807) is 13.8 Å². The first-order chi connectivity index (χ1) is 17.0. The number of nitrogens with zero attached hydrogens (tertiary/aromatic N) is 1. The molecule has 0 spiro atoms. The number of unbranched alkanes of at least 4 members (excludes halogenated alkanes) is 1. The summed E-state index contributed by atoms with van der Waals surface area (Å²) in [5, 5.41) is 25.9. The molecule has 4 atom stereocenters. The highest BCUT2D eigenvalue weighted by Gasteiger charge is 2.31. The fourth-order valence-electron chi connectivity index (χ4n) is 3.32. The molecule has 1 heterocycles. The molecule has 0 radical (unpaired) electrons. The normalized spacial score (nSPS) is 14.4. The Hall–Kier alpha value is -3.52. The summed E-state index contributed by atoms with van der Waals surface area (Å²) in [6, 6.07) is -4.53. The zero-order valence-corrected chi connectivity index (χ0v) is 20.5. The summed E-state index contributed by atoms with van der Waals surface area (Å²) in [4.78, 5) is 67.4. The minimum atomic E-state index is -1.26. The van der Waals surface area contributed by atoms with Crippen molar-refractivity contribution in [3.05, 3.63) is 18.2 Å². The van der Waals surface area contributed by atoms with Crippen molar-refractivity contribution in [2.45, 2.75) is 76.5 Å². The molecule has 1 aromatic rings. The Morgan fingerprint density at radius 3 is 2.17 bits per heavy atom. The van der Waals surface area contributed by atoms with Crippen molar-refractivity contribution in [2.75, 3.05) is 6.54 Å². The standard InChI is InChI=1S/C22H37N7O7/c1-12(2)18(29-19(32)14(24)6-7-17(30)31)21(34)27-15(5-3-4-8-23)20(33)28-16(22(35)36)9-13-10-25-11-26-13/h10-12,14-16,18H,3-9,23-24H2,1-2H3,(H,25,26)(H,27,34)(H,28,33)(H,29,32)(H,30,31)(H,35,36). The zero-order chi connectivity index (χ0) is 27.3. The molecule has 0 fully saturated rings. The van der Waals surface area contributed by atoms with Gasteiger partial charge >= 0.3 is 11.9 Å². The van der Waals surface area contributed by atoms with E-state index < -0.39 is 53.8 Å². The number of rotatable bonds is 17. The van der Waals surface area contributed by atoms with Gasteiger partial charge in [0.1, 0.15) is 18.1 Å². The number of amides is 3. The number of aliphatic carboxylic acids is 2. The minimum Gasteiger partial charge on any atom is -0.481 e. The SMILES string of the molecule is CC(C)C(NC(=O)C(N)CCC(=O)O)C(=O)NC(CCCCN)C(=O)NC(Cc1cnc[nH]1)C(=O)O. The maximum atomic E-state index is 13.0. The molecule has 0 bridgehead atoms. The van der Waals surface area contributed by atoms with Crippen molar-refractivity contribution in [1.29, 1.82) is 0 Å². The predicted octanol–water partition coefficient (Wildman–Crippen LogP) is -1.53. The van der Waals surface area contributed by atoms with E-state index in [0.717, 1.165) is 0 Å². The van der Waals surface area contributed by atoms with E-state index in [1.165, 1.54) is 12.5 Å². The van der Waals surface area contributed by atoms with Crippen molar-refractivity contribution in [1.82, 2.24) is 25.9 Å². The van der Waals surface area contributed by atoms with Crippen LogP contribution in [0.15, 0.2) is 12.5 Å². The zero-order valence-electron chi connectivity index (χ0n) is 20.5. The van der Waals surface area contributed by atoms with Crippen LogP contribution in [0.3, 0.4) is 0 Å². The molecule has 1 rings (SSSR count). The Labute approximate surface area is 209 Å². The van der Waals surface area contributed by atoms with Gasteiger partial charge in [0.15, 0.2) is 0 Å². The summed E-state index contributed by atoms with van der Waals surface area (Å²) in [6.45, 7) is 3.74. The lowest BCUT2D eigenvalue weighted by Gasteiger charge is -2.27. The van der Waals surface area contributed by atoms with Gasteiger partial charge in [0.05, 0.1) is 12.4 Å². The fraction of sp³-hybridized carbons (Fsp3) is 0.636. The van der Waals surface area contributed by atoms with E-state index in [0.29, 0.717) is 25.1 Å². The maximum absolute atomic E-state index is 13.0. The highest BCUT2D eigenvalue weighted by atomic mass is 16.4. The van der Waals surface area contributed by atoms with E-state index >= 15 is 0 Å². The van der Waals surface area contributed by atoms with Crippen LogP contribution in [0.4, 0.5) is 0 Å². The Morgan fingerprint density at radius 2 is 1.64 bits per heavy atom. The molecule has 0 aliphatic carbocycles. The number of imidazole rings is 1. The lowest BCUT2D eigenvalue weighted by Crippen LogP contribution is -2.58. The summed E-state index contributed by atoms with van der Waals surface area (Å²) < 4.78 is 0. The number of carbonyl (C=O) groups is 5. The predicted molar refractivity (Wildman–Crippen MR) is 128 cm³/mol. The maximum Gasteiger partial charge on any atom is 0.326 e. The van der Waals surface area contributed by atoms with Crippen LogP contribution < -0.4 is 27.4 Å². The summed E-state index contributed by atoms with van der Waals surface area (Å²) in [6.07, 6.45) is 3.65. The molecule has 0 aromatic carbocycles. The third-order valence-corrected chi connectivity index (χ3v) is 5.43. The van der Waals surface area contributed by atoms with Crippen LogP contribution in [0, 0.1) is 5.92 Å². The Morgan fingerprint density at radius 1 is 0.972 bits per heavy atom. The molecular formula is C22H37N7O7. The number of carbonyl (C=O) groups excluding carboxylic acids is 3. The molecule has 1 aromatic heterocycles. The summed E-state index contributed by atoms with van der Waals surface area (Å²) in [5.74, 6) is -4.79. The molecule has 36 heavy (non-hydrogen) atoms. The van der Waals surface area contributed by atoms with Crippen LogP contribution in [0.2, 0.25) is 0 Å². The molecule has 202 valence electrons. The van der Waals surface area contributed by atoms with Crippen molar-refractivity contribution in [2.24, 2.45) is 17.4 Å². The molecule has 0 saturated carbocycles. The summed E-state index contributed by atoms with van der Waals surface area (Å²) in [7, 11) is 0. The largest absolute Gasteiger partial charge is 0.481 e. The number of H-pyrrole nitrogens is 1. The average Bonchev–Trinajstić information content (AvgIpc) is 3.32. The Bertz CT molecular complexity index is 876. The number of carboxylic acid groups (broad SMARTS) is 2. The second kappa shape index (κ2) is 15.5. The number of nitrogens with two attached hydrogens (primary N) is 2. The quantitative estimate of drug-likeness (QED) is 0.112. The van der Waals surface area contributed by atoms with E-state index in [1.807, 2.05) is 0 Å². The Kier molecular flexibility index (Phi) is 13.1. The van der Waals surface area contributed by atoms with E-state index in [4.69, 9.17) is 16.6 Å². The van der Waals surface area contributed by atoms with Gasteiger partial charge in [0, 0.05) is 24.7 Å². The van der Waals surface area contributed by atoms with Crippen molar-refractivity contribution in [3.63, 3.8) is 0 Å². The molecule has 10 N–H and O–H groups in total. The molecule has 3 amide bonds. The monoisotopic (exact) mass is 511 g/mol. The minimum absolute atomic E-state index is 0.0382. The second-order valence-corrected chi connectivity index (χ2v) is 8.80. The van der Waals surface area contributed by atoms with Gasteiger partial charge in [-0.2, -0.15) is 0 Å². The smallest absolute Gasteiger partial charge is 0.326 e. The van der Waals surface area contributed by atoms with E-state index in [2.05, 4.69) is 25.9 Å².